The standard InChI is InChI=1S/C12H16N2O2S/c1-10(2)17(15,16)14(3)9-12-6-4-5-11(7-12)8-13/h4-7,10H,9H2,1-3H3. The van der Waals surface area contributed by atoms with Gasteiger partial charge in [0.1, 0.15) is 0 Å². The van der Waals surface area contributed by atoms with Crippen molar-refractivity contribution in [1.82, 2.24) is 4.31 Å². The van der Waals surface area contributed by atoms with E-state index >= 15 is 0 Å². The Morgan fingerprint density at radius 3 is 2.59 bits per heavy atom. The van der Waals surface area contributed by atoms with Crippen LogP contribution in [0.5, 0.6) is 0 Å². The molecule has 0 heterocycles. The van der Waals surface area contributed by atoms with Crippen molar-refractivity contribution < 1.29 is 8.42 Å². The minimum atomic E-state index is -3.24. The van der Waals surface area contributed by atoms with E-state index in [0.29, 0.717) is 5.56 Å². The van der Waals surface area contributed by atoms with Crippen molar-refractivity contribution in [3.05, 3.63) is 35.4 Å². The van der Waals surface area contributed by atoms with Crippen LogP contribution < -0.4 is 0 Å². The molecule has 0 aromatic heterocycles. The molecule has 92 valence electrons. The SMILES string of the molecule is CC(C)S(=O)(=O)N(C)Cc1cccc(C#N)c1. The summed E-state index contributed by atoms with van der Waals surface area (Å²) in [5.74, 6) is 0. The van der Waals surface area contributed by atoms with Gasteiger partial charge in [0.05, 0.1) is 16.9 Å². The lowest BCUT2D eigenvalue weighted by atomic mass is 10.1. The highest BCUT2D eigenvalue weighted by Gasteiger charge is 2.21. The van der Waals surface area contributed by atoms with Crippen molar-refractivity contribution in [3.8, 4) is 6.07 Å². The van der Waals surface area contributed by atoms with E-state index < -0.39 is 15.3 Å². The molecule has 0 spiro atoms. The maximum Gasteiger partial charge on any atom is 0.216 e. The van der Waals surface area contributed by atoms with Crippen LogP contribution in [-0.4, -0.2) is 25.0 Å². The molecule has 1 aromatic rings. The molecule has 0 saturated heterocycles. The van der Waals surface area contributed by atoms with E-state index in [1.54, 1.807) is 39.1 Å². The molecule has 0 atom stereocenters. The zero-order chi connectivity index (χ0) is 13.1. The molecule has 0 radical (unpaired) electrons. The van der Waals surface area contributed by atoms with E-state index in [4.69, 9.17) is 5.26 Å². The number of hydrogen-bond acceptors (Lipinski definition) is 3. The van der Waals surface area contributed by atoms with Crippen LogP contribution in [0.1, 0.15) is 25.0 Å². The van der Waals surface area contributed by atoms with E-state index in [-0.39, 0.29) is 6.54 Å². The Kier molecular flexibility index (Phi) is 4.27. The molecule has 0 saturated carbocycles. The second kappa shape index (κ2) is 5.30. The van der Waals surface area contributed by atoms with Crippen molar-refractivity contribution in [2.45, 2.75) is 25.6 Å². The van der Waals surface area contributed by atoms with Gasteiger partial charge in [-0.25, -0.2) is 12.7 Å². The zero-order valence-corrected chi connectivity index (χ0v) is 11.0. The molecule has 0 aliphatic carbocycles. The maximum atomic E-state index is 11.9. The second-order valence-electron chi connectivity index (χ2n) is 4.16. The monoisotopic (exact) mass is 252 g/mol. The molecular weight excluding hydrogens is 236 g/mol. The van der Waals surface area contributed by atoms with Crippen molar-refractivity contribution in [3.63, 3.8) is 0 Å². The van der Waals surface area contributed by atoms with Gasteiger partial charge in [-0.1, -0.05) is 12.1 Å². The average molecular weight is 252 g/mol. The van der Waals surface area contributed by atoms with E-state index in [9.17, 15) is 8.42 Å². The normalized spacial score (nSPS) is 11.8. The topological polar surface area (TPSA) is 61.2 Å². The Morgan fingerprint density at radius 1 is 1.41 bits per heavy atom. The molecule has 0 aliphatic rings. The summed E-state index contributed by atoms with van der Waals surface area (Å²) in [5.41, 5.74) is 1.36. The smallest absolute Gasteiger partial charge is 0.212 e. The molecule has 0 unspecified atom stereocenters. The van der Waals surface area contributed by atoms with Gasteiger partial charge in [0, 0.05) is 13.6 Å². The van der Waals surface area contributed by atoms with Crippen LogP contribution in [-0.2, 0) is 16.6 Å². The van der Waals surface area contributed by atoms with Crippen LogP contribution in [0, 0.1) is 11.3 Å². The van der Waals surface area contributed by atoms with Crippen LogP contribution in [0.2, 0.25) is 0 Å². The Hall–Kier alpha value is -1.38. The van der Waals surface area contributed by atoms with Crippen LogP contribution >= 0.6 is 0 Å². The lowest BCUT2D eigenvalue weighted by molar-refractivity contribution is 0.459. The van der Waals surface area contributed by atoms with Gasteiger partial charge in [-0.05, 0) is 31.5 Å². The molecule has 0 amide bonds. The molecule has 0 fully saturated rings. The molecule has 0 aliphatic heterocycles. The summed E-state index contributed by atoms with van der Waals surface area (Å²) < 4.78 is 25.0. The summed E-state index contributed by atoms with van der Waals surface area (Å²) in [5, 5.41) is 8.32. The van der Waals surface area contributed by atoms with Gasteiger partial charge in [-0.2, -0.15) is 5.26 Å². The first-order valence-electron chi connectivity index (χ1n) is 5.32. The minimum Gasteiger partial charge on any atom is -0.212 e. The highest BCUT2D eigenvalue weighted by molar-refractivity contribution is 7.89. The number of hydrogen-bond donors (Lipinski definition) is 0. The van der Waals surface area contributed by atoms with Gasteiger partial charge in [-0.3, -0.25) is 0 Å². The van der Waals surface area contributed by atoms with E-state index in [1.165, 1.54) is 4.31 Å². The number of sulfonamides is 1. The molecule has 1 aromatic carbocycles. The molecular formula is C12H16N2O2S. The predicted molar refractivity (Wildman–Crippen MR) is 66.7 cm³/mol. The maximum absolute atomic E-state index is 11.9. The van der Waals surface area contributed by atoms with E-state index in [0.717, 1.165) is 5.56 Å². The lowest BCUT2D eigenvalue weighted by Gasteiger charge is -2.19. The fourth-order valence-electron chi connectivity index (χ4n) is 1.45. The van der Waals surface area contributed by atoms with E-state index in [2.05, 4.69) is 0 Å². The fourth-order valence-corrected chi connectivity index (χ4v) is 2.49. The van der Waals surface area contributed by atoms with Crippen molar-refractivity contribution in [2.75, 3.05) is 7.05 Å². The van der Waals surface area contributed by atoms with Gasteiger partial charge < -0.3 is 0 Å². The van der Waals surface area contributed by atoms with Crippen LogP contribution in [0.3, 0.4) is 0 Å². The highest BCUT2D eigenvalue weighted by atomic mass is 32.2. The van der Waals surface area contributed by atoms with Gasteiger partial charge in [0.15, 0.2) is 0 Å². The Labute approximate surface area is 103 Å². The third-order valence-corrected chi connectivity index (χ3v) is 4.68. The highest BCUT2D eigenvalue weighted by Crippen LogP contribution is 2.12. The average Bonchev–Trinajstić information content (AvgIpc) is 2.29. The molecule has 0 bridgehead atoms. The van der Waals surface area contributed by atoms with Crippen LogP contribution in [0.4, 0.5) is 0 Å². The third kappa shape index (κ3) is 3.29. The first kappa shape index (κ1) is 13.7. The Bertz CT molecular complexity index is 530. The zero-order valence-electron chi connectivity index (χ0n) is 10.2. The first-order valence-corrected chi connectivity index (χ1v) is 6.82. The molecule has 4 nitrogen and oxygen atoms in total. The van der Waals surface area contributed by atoms with Gasteiger partial charge in [-0.15, -0.1) is 0 Å². The van der Waals surface area contributed by atoms with Crippen LogP contribution in [0.15, 0.2) is 24.3 Å². The van der Waals surface area contributed by atoms with Crippen molar-refractivity contribution in [2.24, 2.45) is 0 Å². The summed E-state index contributed by atoms with van der Waals surface area (Å²) in [4.78, 5) is 0. The van der Waals surface area contributed by atoms with Gasteiger partial charge >= 0.3 is 0 Å². The lowest BCUT2D eigenvalue weighted by Crippen LogP contribution is -2.32. The van der Waals surface area contributed by atoms with Crippen molar-refractivity contribution in [1.29, 1.82) is 5.26 Å². The molecule has 1 rings (SSSR count). The quantitative estimate of drug-likeness (QED) is 0.819. The molecule has 0 N–H and O–H groups in total. The number of nitriles is 1. The van der Waals surface area contributed by atoms with Gasteiger partial charge in [0.25, 0.3) is 0 Å². The van der Waals surface area contributed by atoms with E-state index in [1.807, 2.05) is 12.1 Å². The number of nitrogens with zero attached hydrogens (tertiary/aromatic N) is 2. The summed E-state index contributed by atoms with van der Waals surface area (Å²) in [6.45, 7) is 3.59. The largest absolute Gasteiger partial charge is 0.216 e. The van der Waals surface area contributed by atoms with Crippen molar-refractivity contribution >= 4 is 10.0 Å². The fraction of sp³-hybridized carbons (Fsp3) is 0.417. The summed E-state index contributed by atoms with van der Waals surface area (Å²) in [6.07, 6.45) is 0. The summed E-state index contributed by atoms with van der Waals surface area (Å²) in [7, 11) is -1.69. The summed E-state index contributed by atoms with van der Waals surface area (Å²) >= 11 is 0. The first-order chi connectivity index (χ1) is 7.87. The Morgan fingerprint density at radius 2 is 2.06 bits per heavy atom. The minimum absolute atomic E-state index is 0.288. The number of rotatable bonds is 4. The molecule has 17 heavy (non-hydrogen) atoms. The second-order valence-corrected chi connectivity index (χ2v) is 6.76. The third-order valence-electron chi connectivity index (χ3n) is 2.49. The molecule has 5 heteroatoms. The van der Waals surface area contributed by atoms with Crippen LogP contribution in [0.25, 0.3) is 0 Å². The summed E-state index contributed by atoms with van der Waals surface area (Å²) in [6, 6.07) is 9.00. The predicted octanol–water partition coefficient (Wildman–Crippen LogP) is 1.73. The Balaban J connectivity index is 2.89. The van der Waals surface area contributed by atoms with Gasteiger partial charge in [0.2, 0.25) is 10.0 Å². The number of benzene rings is 1.